The normalized spacial score (nSPS) is 26.1. The molecule has 0 aromatic heterocycles. The number of hydrogen-bond acceptors (Lipinski definition) is 3. The smallest absolute Gasteiger partial charge is 0.308 e. The Morgan fingerprint density at radius 3 is 2.12 bits per heavy atom. The quantitative estimate of drug-likeness (QED) is 0.760. The molecule has 0 aromatic rings. The molecular weight excluding hydrogens is 222 g/mol. The fourth-order valence-electron chi connectivity index (χ4n) is 2.66. The number of piperidine rings is 1. The van der Waals surface area contributed by atoms with E-state index in [0.717, 1.165) is 12.8 Å². The Bertz CT molecular complexity index is 288. The van der Waals surface area contributed by atoms with E-state index in [2.05, 4.69) is 18.7 Å². The molecule has 0 radical (unpaired) electrons. The van der Waals surface area contributed by atoms with Crippen molar-refractivity contribution in [3.05, 3.63) is 0 Å². The van der Waals surface area contributed by atoms with Gasteiger partial charge in [-0.15, -0.1) is 0 Å². The van der Waals surface area contributed by atoms with Gasteiger partial charge in [0, 0.05) is 12.6 Å². The molecule has 5 nitrogen and oxygen atoms in total. The first-order chi connectivity index (χ1) is 8.01. The summed E-state index contributed by atoms with van der Waals surface area (Å²) in [6.45, 7) is 5.20. The molecule has 0 aliphatic carbocycles. The summed E-state index contributed by atoms with van der Waals surface area (Å²) >= 11 is 0. The Labute approximate surface area is 101 Å². The monoisotopic (exact) mass is 243 g/mol. The van der Waals surface area contributed by atoms with Gasteiger partial charge >= 0.3 is 11.9 Å². The molecular formula is C12H21NO4. The lowest BCUT2D eigenvalue weighted by Gasteiger charge is -2.38. The molecule has 0 amide bonds. The lowest BCUT2D eigenvalue weighted by Crippen LogP contribution is -2.49. The Morgan fingerprint density at radius 1 is 1.18 bits per heavy atom. The molecule has 0 spiro atoms. The summed E-state index contributed by atoms with van der Waals surface area (Å²) in [6.07, 6.45) is 2.38. The van der Waals surface area contributed by atoms with E-state index in [1.165, 1.54) is 0 Å². The van der Waals surface area contributed by atoms with E-state index >= 15 is 0 Å². The number of carboxylic acids is 2. The zero-order valence-electron chi connectivity index (χ0n) is 10.4. The molecule has 17 heavy (non-hydrogen) atoms. The predicted molar refractivity (Wildman–Crippen MR) is 62.8 cm³/mol. The Kier molecular flexibility index (Phi) is 4.93. The van der Waals surface area contributed by atoms with E-state index in [-0.39, 0.29) is 0 Å². The highest BCUT2D eigenvalue weighted by Gasteiger charge is 2.39. The standard InChI is InChI=1S/C12H21NO4/c1-3-8(4-2)13-6-5-9(11(14)15)10(7-13)12(16)17/h8-10H,3-7H2,1-2H3,(H,14,15)(H,16,17). The first-order valence-corrected chi connectivity index (χ1v) is 6.20. The van der Waals surface area contributed by atoms with Gasteiger partial charge in [0.1, 0.15) is 0 Å². The second-order valence-electron chi connectivity index (χ2n) is 4.64. The van der Waals surface area contributed by atoms with Crippen LogP contribution in [-0.4, -0.2) is 46.2 Å². The maximum atomic E-state index is 11.1. The van der Waals surface area contributed by atoms with Gasteiger partial charge in [0.05, 0.1) is 11.8 Å². The third-order valence-corrected chi connectivity index (χ3v) is 3.74. The zero-order valence-corrected chi connectivity index (χ0v) is 10.4. The minimum atomic E-state index is -0.993. The van der Waals surface area contributed by atoms with Crippen LogP contribution in [0.2, 0.25) is 0 Å². The van der Waals surface area contributed by atoms with E-state index in [0.29, 0.717) is 25.6 Å². The van der Waals surface area contributed by atoms with Crippen LogP contribution in [0.4, 0.5) is 0 Å². The first-order valence-electron chi connectivity index (χ1n) is 6.20. The van der Waals surface area contributed by atoms with E-state index in [1.807, 2.05) is 0 Å². The molecule has 1 fully saturated rings. The van der Waals surface area contributed by atoms with Crippen LogP contribution in [0.1, 0.15) is 33.1 Å². The van der Waals surface area contributed by atoms with Crippen molar-refractivity contribution < 1.29 is 19.8 Å². The summed E-state index contributed by atoms with van der Waals surface area (Å²) in [5.74, 6) is -3.49. The van der Waals surface area contributed by atoms with Crippen LogP contribution in [0.15, 0.2) is 0 Å². The number of nitrogens with zero attached hydrogens (tertiary/aromatic N) is 1. The molecule has 98 valence electrons. The van der Waals surface area contributed by atoms with Crippen molar-refractivity contribution in [3.63, 3.8) is 0 Å². The minimum Gasteiger partial charge on any atom is -0.481 e. The third kappa shape index (κ3) is 3.19. The van der Waals surface area contributed by atoms with Gasteiger partial charge in [0.25, 0.3) is 0 Å². The van der Waals surface area contributed by atoms with Crippen LogP contribution in [0, 0.1) is 11.8 Å². The lowest BCUT2D eigenvalue weighted by molar-refractivity contribution is -0.157. The van der Waals surface area contributed by atoms with Crippen molar-refractivity contribution in [3.8, 4) is 0 Å². The van der Waals surface area contributed by atoms with Crippen molar-refractivity contribution in [2.75, 3.05) is 13.1 Å². The summed E-state index contributed by atoms with van der Waals surface area (Å²) in [7, 11) is 0. The molecule has 1 aliphatic heterocycles. The van der Waals surface area contributed by atoms with E-state index in [9.17, 15) is 9.59 Å². The Balaban J connectivity index is 2.74. The van der Waals surface area contributed by atoms with Crippen LogP contribution in [-0.2, 0) is 9.59 Å². The highest BCUT2D eigenvalue weighted by atomic mass is 16.4. The van der Waals surface area contributed by atoms with Gasteiger partial charge in [-0.2, -0.15) is 0 Å². The third-order valence-electron chi connectivity index (χ3n) is 3.74. The maximum absolute atomic E-state index is 11.1. The molecule has 0 aromatic carbocycles. The van der Waals surface area contributed by atoms with Crippen molar-refractivity contribution in [1.82, 2.24) is 4.90 Å². The van der Waals surface area contributed by atoms with Gasteiger partial charge < -0.3 is 10.2 Å². The van der Waals surface area contributed by atoms with Gasteiger partial charge in [-0.3, -0.25) is 14.5 Å². The second kappa shape index (κ2) is 6.00. The lowest BCUT2D eigenvalue weighted by atomic mass is 9.84. The van der Waals surface area contributed by atoms with Crippen LogP contribution in [0.25, 0.3) is 0 Å². The van der Waals surface area contributed by atoms with Crippen molar-refractivity contribution in [1.29, 1.82) is 0 Å². The average molecular weight is 243 g/mol. The first kappa shape index (κ1) is 14.0. The van der Waals surface area contributed by atoms with Crippen LogP contribution in [0.5, 0.6) is 0 Å². The number of rotatable bonds is 5. The Hall–Kier alpha value is -1.10. The van der Waals surface area contributed by atoms with E-state index in [1.54, 1.807) is 0 Å². The molecule has 2 unspecified atom stereocenters. The molecule has 2 N–H and O–H groups in total. The van der Waals surface area contributed by atoms with Crippen molar-refractivity contribution >= 4 is 11.9 Å². The summed E-state index contributed by atoms with van der Waals surface area (Å²) in [4.78, 5) is 24.3. The fourth-order valence-corrected chi connectivity index (χ4v) is 2.66. The largest absolute Gasteiger partial charge is 0.481 e. The zero-order chi connectivity index (χ0) is 13.0. The van der Waals surface area contributed by atoms with Crippen LogP contribution < -0.4 is 0 Å². The van der Waals surface area contributed by atoms with Gasteiger partial charge in [-0.1, -0.05) is 13.8 Å². The second-order valence-corrected chi connectivity index (χ2v) is 4.64. The molecule has 0 saturated carbocycles. The number of carbonyl (C=O) groups is 2. The maximum Gasteiger partial charge on any atom is 0.308 e. The fraction of sp³-hybridized carbons (Fsp3) is 0.833. The molecule has 5 heteroatoms. The minimum absolute atomic E-state index is 0.360. The van der Waals surface area contributed by atoms with Crippen molar-refractivity contribution in [2.24, 2.45) is 11.8 Å². The van der Waals surface area contributed by atoms with Crippen molar-refractivity contribution in [2.45, 2.75) is 39.2 Å². The van der Waals surface area contributed by atoms with E-state index < -0.39 is 23.8 Å². The number of carboxylic acid groups (broad SMARTS) is 2. The molecule has 1 aliphatic rings. The van der Waals surface area contributed by atoms with Gasteiger partial charge in [-0.05, 0) is 25.8 Å². The summed E-state index contributed by atoms with van der Waals surface area (Å²) in [6, 6.07) is 0.367. The SMILES string of the molecule is CCC(CC)N1CCC(C(=O)O)C(C(=O)O)C1. The average Bonchev–Trinajstić information content (AvgIpc) is 2.30. The topological polar surface area (TPSA) is 77.8 Å². The highest BCUT2D eigenvalue weighted by molar-refractivity contribution is 5.80. The molecule has 2 atom stereocenters. The van der Waals surface area contributed by atoms with Gasteiger partial charge in [-0.25, -0.2) is 0 Å². The van der Waals surface area contributed by atoms with Crippen LogP contribution >= 0.6 is 0 Å². The van der Waals surface area contributed by atoms with Crippen LogP contribution in [0.3, 0.4) is 0 Å². The molecule has 1 saturated heterocycles. The molecule has 1 heterocycles. The number of aliphatic carboxylic acids is 2. The van der Waals surface area contributed by atoms with E-state index in [4.69, 9.17) is 10.2 Å². The number of hydrogen-bond donors (Lipinski definition) is 2. The predicted octanol–water partition coefficient (Wildman–Crippen LogP) is 1.28. The Morgan fingerprint density at radius 2 is 1.71 bits per heavy atom. The van der Waals surface area contributed by atoms with Gasteiger partial charge in [0.15, 0.2) is 0 Å². The highest BCUT2D eigenvalue weighted by Crippen LogP contribution is 2.27. The summed E-state index contributed by atoms with van der Waals surface area (Å²) in [5, 5.41) is 18.1. The summed E-state index contributed by atoms with van der Waals surface area (Å²) < 4.78 is 0. The van der Waals surface area contributed by atoms with Gasteiger partial charge in [0.2, 0.25) is 0 Å². The summed E-state index contributed by atoms with van der Waals surface area (Å²) in [5.41, 5.74) is 0. The molecule has 0 bridgehead atoms. The molecule has 1 rings (SSSR count). The number of likely N-dealkylation sites (tertiary alicyclic amines) is 1.